The number of rotatable bonds is 10. The Bertz CT molecular complexity index is 2100. The third kappa shape index (κ3) is 32.1. The Balaban J connectivity index is -0.000000447. The zero-order chi connectivity index (χ0) is 50.5. The van der Waals surface area contributed by atoms with Gasteiger partial charge in [-0.05, 0) is 55.4 Å². The third-order valence-electron chi connectivity index (χ3n) is 7.89. The van der Waals surface area contributed by atoms with Crippen LogP contribution >= 0.6 is 37.2 Å². The van der Waals surface area contributed by atoms with E-state index in [0.29, 0.717) is 82.9 Å². The summed E-state index contributed by atoms with van der Waals surface area (Å²) in [5, 5.41) is 19.9. The van der Waals surface area contributed by atoms with Crippen LogP contribution in [0.5, 0.6) is 0 Å². The van der Waals surface area contributed by atoms with E-state index in [2.05, 4.69) is 85.3 Å². The minimum absolute atomic E-state index is 0. The number of aromatic amines is 1. The first-order valence-electron chi connectivity index (χ1n) is 20.8. The topological polar surface area (TPSA) is 251 Å². The molecule has 0 saturated heterocycles. The quantitative estimate of drug-likeness (QED) is 0.0289. The summed E-state index contributed by atoms with van der Waals surface area (Å²) in [5.41, 5.74) is 2.72. The van der Waals surface area contributed by atoms with Crippen LogP contribution in [0.2, 0.25) is 0 Å². The minimum atomic E-state index is -3.28. The van der Waals surface area contributed by atoms with Crippen molar-refractivity contribution >= 4 is 77.9 Å². The average Bonchev–Trinajstić information content (AvgIpc) is 3.83. The van der Waals surface area contributed by atoms with Gasteiger partial charge < -0.3 is 40.3 Å². The number of ether oxygens (including phenoxy) is 4. The normalized spacial score (nSPS) is 12.1. The fourth-order valence-electron chi connectivity index (χ4n) is 5.48. The second kappa shape index (κ2) is 40.0. The number of nitrogens with one attached hydrogen (secondary N) is 1. The van der Waals surface area contributed by atoms with Crippen molar-refractivity contribution in [2.75, 3.05) is 39.2 Å². The van der Waals surface area contributed by atoms with E-state index in [4.69, 9.17) is 29.0 Å². The zero-order valence-electron chi connectivity index (χ0n) is 42.5. The maximum Gasteiger partial charge on any atom is 1.00 e. The second-order valence-electron chi connectivity index (χ2n) is 15.5. The van der Waals surface area contributed by atoms with E-state index < -0.39 is 33.3 Å². The van der Waals surface area contributed by atoms with Gasteiger partial charge in [-0.2, -0.15) is 18.6 Å². The maximum absolute atomic E-state index is 12.5. The Morgan fingerprint density at radius 3 is 1.75 bits per heavy atom. The monoisotopic (exact) mass is 1550 g/mol. The summed E-state index contributed by atoms with van der Waals surface area (Å²) in [7, 11) is -3.28. The number of aromatic nitrogens is 4. The SMILES string of the molecule is CCC#CCCOS(C)(=O)=O.CCC#CCCn1nc2c(c1C(=O)OCC)CN(C(=O)OC(C)(C)C)CC2.CCOC(=O)c1n[nH]c2c1CN(C(=O)OC(C)(C)C)CC2.I[I-]I.O=CO[O-].[Cs+].[Cs+].[H-]. The molecular formula is C42H64Cs2I3N6O14S-. The second-order valence-corrected chi connectivity index (χ2v) is 33.3. The van der Waals surface area contributed by atoms with E-state index in [1.807, 2.05) is 55.4 Å². The Morgan fingerprint density at radius 2 is 1.29 bits per heavy atom. The molecule has 0 aliphatic carbocycles. The molecule has 2 aromatic heterocycles. The van der Waals surface area contributed by atoms with Crippen molar-refractivity contribution in [3.63, 3.8) is 0 Å². The number of hydrogen-bond acceptors (Lipinski definition) is 16. The fourth-order valence-corrected chi connectivity index (χ4v) is 5.86. The first-order chi connectivity index (χ1) is 31.0. The summed E-state index contributed by atoms with van der Waals surface area (Å²) in [6, 6.07) is 0. The summed E-state index contributed by atoms with van der Waals surface area (Å²) in [6.45, 7) is 21.1. The molecule has 68 heavy (non-hydrogen) atoms. The summed E-state index contributed by atoms with van der Waals surface area (Å²) >= 11 is 5.30. The molecule has 0 aromatic carbocycles. The number of fused-ring (bicyclic) bond motifs is 2. The molecular weight excluding hydrogens is 1490 g/mol. The smallest absolute Gasteiger partial charge is 1.00 e. The molecule has 4 heterocycles. The Hall–Kier alpha value is 0.654. The number of H-pyrrole nitrogens is 1. The van der Waals surface area contributed by atoms with Gasteiger partial charge >= 0.3 is 212 Å². The van der Waals surface area contributed by atoms with Crippen molar-refractivity contribution in [3.05, 3.63) is 33.9 Å². The van der Waals surface area contributed by atoms with Gasteiger partial charge in [0.1, 0.15) is 11.2 Å². The van der Waals surface area contributed by atoms with E-state index in [1.54, 1.807) is 28.3 Å². The molecule has 2 aromatic rings. The van der Waals surface area contributed by atoms with Gasteiger partial charge in [0.05, 0.1) is 51.4 Å². The van der Waals surface area contributed by atoms with E-state index in [-0.39, 0.29) is 183 Å². The van der Waals surface area contributed by atoms with Crippen LogP contribution in [-0.4, -0.2) is 119 Å². The number of hydrogen-bond donors (Lipinski definition) is 1. The summed E-state index contributed by atoms with van der Waals surface area (Å²) in [5.74, 6) is 10.8. The van der Waals surface area contributed by atoms with Gasteiger partial charge in [0.25, 0.3) is 16.6 Å². The molecule has 0 radical (unpaired) electrons. The first-order valence-corrected chi connectivity index (χ1v) is 35.2. The summed E-state index contributed by atoms with van der Waals surface area (Å²) in [6.07, 6.45) is 4.12. The average molecular weight is 1560 g/mol. The first kappa shape index (κ1) is 72.9. The molecule has 376 valence electrons. The molecule has 2 aliphatic rings. The van der Waals surface area contributed by atoms with Crippen molar-refractivity contribution in [1.29, 1.82) is 0 Å². The molecule has 1 N–H and O–H groups in total. The molecule has 0 spiro atoms. The predicted octanol–water partition coefficient (Wildman–Crippen LogP) is -2.87. The van der Waals surface area contributed by atoms with Gasteiger partial charge in [0, 0.05) is 68.4 Å². The van der Waals surface area contributed by atoms with E-state index >= 15 is 0 Å². The largest absolute Gasteiger partial charge is 1.00 e. The van der Waals surface area contributed by atoms with Crippen molar-refractivity contribution in [2.24, 2.45) is 0 Å². The standard InChI is InChI=1S/C20H29N3O4.C14H21N3O4.C7H12O3S.CH2O3.2Cs.I3.H/c1-6-8-9-10-12-23-17(18(24)26-7-2)15-14-22(13-11-16(15)21-23)19(25)27-20(3,4)5;1-5-20-12(18)11-9-8-17(7-6-10(9)15-16-11)13(19)21-14(2,3)4;1-3-4-5-6-7-10-11(2,8)9;2-1-4-3;;;1-3-2;/h6-7,10-14H2,1-5H3;5-8H2,1-4H3,(H,15,16);3,6-7H2,1-2H3;1,3H;;;;/q;;;;2*+1;2*-1/p-1. The molecule has 4 rings (SSSR count). The van der Waals surface area contributed by atoms with Crippen LogP contribution in [0.3, 0.4) is 0 Å². The van der Waals surface area contributed by atoms with Crippen LogP contribution in [0.25, 0.3) is 0 Å². The van der Waals surface area contributed by atoms with Crippen molar-refractivity contribution in [1.82, 2.24) is 29.8 Å². The number of amides is 2. The Morgan fingerprint density at radius 1 is 0.824 bits per heavy atom. The molecule has 0 unspecified atom stereocenters. The minimum Gasteiger partial charge on any atom is -1.00 e. The summed E-state index contributed by atoms with van der Waals surface area (Å²) < 4.78 is 47.9. The van der Waals surface area contributed by atoms with Gasteiger partial charge in [-0.15, -0.1) is 23.7 Å². The van der Waals surface area contributed by atoms with Gasteiger partial charge in [-0.3, -0.25) is 18.8 Å². The molecule has 0 saturated carbocycles. The molecule has 2 amide bonds. The van der Waals surface area contributed by atoms with Gasteiger partial charge in [-0.25, -0.2) is 19.2 Å². The molecule has 2 aliphatic heterocycles. The fraction of sp³-hybridized carbons (Fsp3) is 0.643. The number of esters is 2. The van der Waals surface area contributed by atoms with Crippen LogP contribution < -0.4 is 156 Å². The van der Waals surface area contributed by atoms with Crippen LogP contribution in [0.4, 0.5) is 9.59 Å². The Kier molecular flexibility index (Phi) is 42.9. The molecule has 0 bridgehead atoms. The van der Waals surface area contributed by atoms with Gasteiger partial charge in [0.2, 0.25) is 0 Å². The van der Waals surface area contributed by atoms with Gasteiger partial charge in [0.15, 0.2) is 11.4 Å². The van der Waals surface area contributed by atoms with Gasteiger partial charge in [-0.1, -0.05) is 13.8 Å². The van der Waals surface area contributed by atoms with Crippen LogP contribution in [-0.2, 0) is 75.4 Å². The number of carbonyl (C=O) groups is 5. The van der Waals surface area contributed by atoms with Crippen molar-refractivity contribution in [2.45, 2.75) is 139 Å². The third-order valence-corrected chi connectivity index (χ3v) is 8.49. The number of carbonyl (C=O) groups excluding carboxylic acids is 5. The maximum atomic E-state index is 12.5. The van der Waals surface area contributed by atoms with Crippen molar-refractivity contribution in [3.8, 4) is 23.7 Å². The van der Waals surface area contributed by atoms with Crippen LogP contribution in [0.15, 0.2) is 0 Å². The number of halogens is 3. The van der Waals surface area contributed by atoms with Crippen molar-refractivity contribution < 1.29 is 218 Å². The molecule has 20 nitrogen and oxygen atoms in total. The molecule has 0 fully saturated rings. The molecule has 0 atom stereocenters. The number of nitrogens with zero attached hydrogens (tertiary/aromatic N) is 5. The summed E-state index contributed by atoms with van der Waals surface area (Å²) in [4.78, 5) is 63.4. The van der Waals surface area contributed by atoms with E-state index in [1.165, 1.54) is 0 Å². The predicted molar refractivity (Wildman–Crippen MR) is 256 cm³/mol. The van der Waals surface area contributed by atoms with E-state index in [9.17, 15) is 27.6 Å². The van der Waals surface area contributed by atoms with E-state index in [0.717, 1.165) is 36.0 Å². The van der Waals surface area contributed by atoms with Crippen LogP contribution in [0, 0.1) is 23.7 Å². The van der Waals surface area contributed by atoms with Crippen LogP contribution in [0.1, 0.15) is 140 Å². The Labute approximate surface area is 550 Å². The number of aryl methyl sites for hydroxylation is 1. The zero-order valence-corrected chi connectivity index (χ0v) is 61.3. The molecule has 26 heteroatoms.